The van der Waals surface area contributed by atoms with E-state index in [0.717, 1.165) is 36.2 Å². The molecule has 4 nitrogen and oxygen atoms in total. The molecule has 0 spiro atoms. The van der Waals surface area contributed by atoms with Gasteiger partial charge in [0.15, 0.2) is 11.5 Å². The number of methoxy groups -OCH3 is 1. The first kappa shape index (κ1) is 13.6. The SMILES string of the molecule is COc1ccc(Br)c([C@H](C)N2CCNCC2)c1O. The van der Waals surface area contributed by atoms with Crippen LogP contribution in [0, 0.1) is 0 Å². The van der Waals surface area contributed by atoms with Crippen molar-refractivity contribution in [2.75, 3.05) is 33.3 Å². The molecule has 18 heavy (non-hydrogen) atoms. The van der Waals surface area contributed by atoms with Gasteiger partial charge in [-0.2, -0.15) is 0 Å². The Morgan fingerprint density at radius 1 is 1.39 bits per heavy atom. The third-order valence-corrected chi connectivity index (χ3v) is 4.16. The highest BCUT2D eigenvalue weighted by Gasteiger charge is 2.24. The molecule has 0 bridgehead atoms. The molecule has 0 unspecified atom stereocenters. The lowest BCUT2D eigenvalue weighted by molar-refractivity contribution is 0.181. The molecule has 1 atom stereocenters. The molecule has 1 aromatic carbocycles. The topological polar surface area (TPSA) is 44.7 Å². The highest BCUT2D eigenvalue weighted by molar-refractivity contribution is 9.10. The predicted molar refractivity (Wildman–Crippen MR) is 75.2 cm³/mol. The van der Waals surface area contributed by atoms with Gasteiger partial charge in [0.05, 0.1) is 7.11 Å². The van der Waals surface area contributed by atoms with Crippen molar-refractivity contribution in [1.29, 1.82) is 0 Å². The molecule has 0 aliphatic carbocycles. The number of rotatable bonds is 3. The minimum absolute atomic E-state index is 0.163. The number of phenolic OH excluding ortho intramolecular Hbond substituents is 1. The van der Waals surface area contributed by atoms with Gasteiger partial charge >= 0.3 is 0 Å². The third kappa shape index (κ3) is 2.63. The van der Waals surface area contributed by atoms with Gasteiger partial charge in [-0.1, -0.05) is 15.9 Å². The van der Waals surface area contributed by atoms with Gasteiger partial charge in [0.2, 0.25) is 0 Å². The van der Waals surface area contributed by atoms with E-state index in [1.165, 1.54) is 0 Å². The Kier molecular flexibility index (Phi) is 4.48. The van der Waals surface area contributed by atoms with Crippen molar-refractivity contribution in [3.63, 3.8) is 0 Å². The molecular weight excluding hydrogens is 296 g/mol. The Labute approximate surface area is 116 Å². The van der Waals surface area contributed by atoms with Crippen molar-refractivity contribution in [2.24, 2.45) is 0 Å². The molecule has 0 amide bonds. The Bertz CT molecular complexity index is 420. The van der Waals surface area contributed by atoms with E-state index in [2.05, 4.69) is 33.1 Å². The number of halogens is 1. The van der Waals surface area contributed by atoms with Gasteiger partial charge in [0.1, 0.15) is 0 Å². The summed E-state index contributed by atoms with van der Waals surface area (Å²) in [6.45, 7) is 6.08. The first-order chi connectivity index (χ1) is 8.65. The highest BCUT2D eigenvalue weighted by atomic mass is 79.9. The molecule has 0 saturated carbocycles. The molecular formula is C13H19BrN2O2. The highest BCUT2D eigenvalue weighted by Crippen LogP contribution is 2.40. The molecule has 1 heterocycles. The number of benzene rings is 1. The van der Waals surface area contributed by atoms with Crippen LogP contribution in [0.1, 0.15) is 18.5 Å². The van der Waals surface area contributed by atoms with Crippen LogP contribution in [0.15, 0.2) is 16.6 Å². The van der Waals surface area contributed by atoms with Crippen LogP contribution in [0.25, 0.3) is 0 Å². The summed E-state index contributed by atoms with van der Waals surface area (Å²) in [5.41, 5.74) is 0.899. The lowest BCUT2D eigenvalue weighted by Crippen LogP contribution is -2.44. The summed E-state index contributed by atoms with van der Waals surface area (Å²) in [5, 5.41) is 13.6. The van der Waals surface area contributed by atoms with Crippen LogP contribution in [0.5, 0.6) is 11.5 Å². The Morgan fingerprint density at radius 2 is 2.06 bits per heavy atom. The third-order valence-electron chi connectivity index (χ3n) is 3.46. The summed E-state index contributed by atoms with van der Waals surface area (Å²) >= 11 is 3.52. The van der Waals surface area contributed by atoms with E-state index in [0.29, 0.717) is 5.75 Å². The standard InChI is InChI=1S/C13H19BrN2O2/c1-9(16-7-5-15-6-8-16)12-10(14)3-4-11(18-2)13(12)17/h3-4,9,15,17H,5-8H2,1-2H3/t9-/m0/s1. The normalized spacial score (nSPS) is 18.6. The molecule has 1 fully saturated rings. The van der Waals surface area contributed by atoms with Gasteiger partial charge in [-0.05, 0) is 19.1 Å². The Morgan fingerprint density at radius 3 is 2.67 bits per heavy atom. The van der Waals surface area contributed by atoms with E-state index in [4.69, 9.17) is 4.74 Å². The van der Waals surface area contributed by atoms with E-state index in [-0.39, 0.29) is 11.8 Å². The minimum Gasteiger partial charge on any atom is -0.504 e. The van der Waals surface area contributed by atoms with Gasteiger partial charge in [-0.25, -0.2) is 0 Å². The zero-order valence-electron chi connectivity index (χ0n) is 10.7. The summed E-state index contributed by atoms with van der Waals surface area (Å²) in [4.78, 5) is 2.36. The molecule has 1 aliphatic heterocycles. The molecule has 1 saturated heterocycles. The van der Waals surface area contributed by atoms with E-state index in [1.54, 1.807) is 13.2 Å². The second-order valence-electron chi connectivity index (χ2n) is 4.47. The van der Waals surface area contributed by atoms with Gasteiger partial charge in [-0.3, -0.25) is 4.90 Å². The maximum absolute atomic E-state index is 10.3. The molecule has 1 aromatic rings. The van der Waals surface area contributed by atoms with E-state index in [9.17, 15) is 5.11 Å². The fourth-order valence-electron chi connectivity index (χ4n) is 2.38. The lowest BCUT2D eigenvalue weighted by Gasteiger charge is -2.33. The van der Waals surface area contributed by atoms with Crippen molar-refractivity contribution in [3.05, 3.63) is 22.2 Å². The number of hydrogen-bond donors (Lipinski definition) is 2. The minimum atomic E-state index is 0.163. The zero-order valence-corrected chi connectivity index (χ0v) is 12.3. The number of piperazine rings is 1. The van der Waals surface area contributed by atoms with Crippen LogP contribution >= 0.6 is 15.9 Å². The molecule has 0 aromatic heterocycles. The fraction of sp³-hybridized carbons (Fsp3) is 0.538. The fourth-order valence-corrected chi connectivity index (χ4v) is 3.03. The molecule has 2 rings (SSSR count). The van der Waals surface area contributed by atoms with Gasteiger partial charge < -0.3 is 15.2 Å². The monoisotopic (exact) mass is 314 g/mol. The van der Waals surface area contributed by atoms with Crippen LogP contribution in [-0.4, -0.2) is 43.3 Å². The Balaban J connectivity index is 2.30. The van der Waals surface area contributed by atoms with Crippen LogP contribution in [-0.2, 0) is 0 Å². The quantitative estimate of drug-likeness (QED) is 0.897. The summed E-state index contributed by atoms with van der Waals surface area (Å²) in [5.74, 6) is 0.757. The van der Waals surface area contributed by atoms with Crippen LogP contribution < -0.4 is 10.1 Å². The van der Waals surface area contributed by atoms with Crippen molar-refractivity contribution in [1.82, 2.24) is 10.2 Å². The number of phenols is 1. The summed E-state index contributed by atoms with van der Waals surface area (Å²) in [6.07, 6.45) is 0. The number of ether oxygens (including phenoxy) is 1. The first-order valence-corrected chi connectivity index (χ1v) is 6.94. The van der Waals surface area contributed by atoms with Crippen LogP contribution in [0.3, 0.4) is 0 Å². The first-order valence-electron chi connectivity index (χ1n) is 6.15. The largest absolute Gasteiger partial charge is 0.504 e. The van der Waals surface area contributed by atoms with Crippen molar-refractivity contribution in [3.8, 4) is 11.5 Å². The van der Waals surface area contributed by atoms with E-state index >= 15 is 0 Å². The smallest absolute Gasteiger partial charge is 0.163 e. The van der Waals surface area contributed by atoms with Gasteiger partial charge in [-0.15, -0.1) is 0 Å². The van der Waals surface area contributed by atoms with Crippen LogP contribution in [0.2, 0.25) is 0 Å². The second-order valence-corrected chi connectivity index (χ2v) is 5.33. The van der Waals surface area contributed by atoms with Gasteiger partial charge in [0, 0.05) is 42.3 Å². The summed E-state index contributed by atoms with van der Waals surface area (Å²) < 4.78 is 6.10. The van der Waals surface area contributed by atoms with Crippen molar-refractivity contribution in [2.45, 2.75) is 13.0 Å². The van der Waals surface area contributed by atoms with Crippen molar-refractivity contribution < 1.29 is 9.84 Å². The lowest BCUT2D eigenvalue weighted by atomic mass is 10.0. The molecule has 0 radical (unpaired) electrons. The van der Waals surface area contributed by atoms with E-state index in [1.807, 2.05) is 6.07 Å². The number of nitrogens with one attached hydrogen (secondary N) is 1. The average molecular weight is 315 g/mol. The number of aromatic hydroxyl groups is 1. The van der Waals surface area contributed by atoms with Gasteiger partial charge in [0.25, 0.3) is 0 Å². The second kappa shape index (κ2) is 5.91. The Hall–Kier alpha value is -0.780. The molecule has 1 aliphatic rings. The number of hydrogen-bond acceptors (Lipinski definition) is 4. The predicted octanol–water partition coefficient (Wildman–Crippen LogP) is 2.13. The van der Waals surface area contributed by atoms with Crippen LogP contribution in [0.4, 0.5) is 0 Å². The molecule has 100 valence electrons. The van der Waals surface area contributed by atoms with E-state index < -0.39 is 0 Å². The maximum atomic E-state index is 10.3. The number of nitrogens with zero attached hydrogens (tertiary/aromatic N) is 1. The maximum Gasteiger partial charge on any atom is 0.163 e. The summed E-state index contributed by atoms with van der Waals surface area (Å²) in [7, 11) is 1.57. The summed E-state index contributed by atoms with van der Waals surface area (Å²) in [6, 6.07) is 3.86. The zero-order chi connectivity index (χ0) is 13.1. The molecule has 5 heteroatoms. The van der Waals surface area contributed by atoms with Crippen molar-refractivity contribution >= 4 is 15.9 Å². The molecule has 2 N–H and O–H groups in total. The average Bonchev–Trinajstić information content (AvgIpc) is 2.40.